The molecule has 1 fully saturated rings. The Kier molecular flexibility index (Phi) is 10.5. The number of guanidine groups is 1. The molecule has 2 N–H and O–H groups in total. The lowest BCUT2D eigenvalue weighted by atomic mass is 10.1. The fourth-order valence-electron chi connectivity index (χ4n) is 3.04. The summed E-state index contributed by atoms with van der Waals surface area (Å²) in [4.78, 5) is 8.81. The van der Waals surface area contributed by atoms with Crippen molar-refractivity contribution in [3.05, 3.63) is 29.3 Å². The predicted molar refractivity (Wildman–Crippen MR) is 120 cm³/mol. The minimum atomic E-state index is -4.37. The van der Waals surface area contributed by atoms with E-state index in [0.29, 0.717) is 24.1 Å². The maximum absolute atomic E-state index is 12.5. The Labute approximate surface area is 187 Å². The molecule has 2 rings (SSSR count). The van der Waals surface area contributed by atoms with Crippen LogP contribution in [0.4, 0.5) is 13.2 Å². The highest BCUT2D eigenvalue weighted by Gasteiger charge is 2.29. The third kappa shape index (κ3) is 8.95. The predicted octanol–water partition coefficient (Wildman–Crippen LogP) is 2.46. The van der Waals surface area contributed by atoms with Gasteiger partial charge in [0.1, 0.15) is 5.75 Å². The average molecular weight is 529 g/mol. The summed E-state index contributed by atoms with van der Waals surface area (Å²) in [5.41, 5.74) is 1.49. The minimum absolute atomic E-state index is 0. The van der Waals surface area contributed by atoms with Gasteiger partial charge in [0.05, 0.1) is 0 Å². The molecule has 1 aliphatic heterocycles. The molecule has 29 heavy (non-hydrogen) atoms. The van der Waals surface area contributed by atoms with Gasteiger partial charge in [0.15, 0.2) is 12.6 Å². The Hall–Kier alpha value is -1.27. The lowest BCUT2D eigenvalue weighted by Gasteiger charge is -2.37. The zero-order valence-corrected chi connectivity index (χ0v) is 19.7. The summed E-state index contributed by atoms with van der Waals surface area (Å²) in [6.07, 6.45) is -4.37. The fourth-order valence-corrected chi connectivity index (χ4v) is 3.04. The number of likely N-dealkylation sites (N-methyl/N-ethyl adjacent to an activating group) is 2. The Morgan fingerprint density at radius 3 is 2.62 bits per heavy atom. The highest BCUT2D eigenvalue weighted by molar-refractivity contribution is 14.0. The van der Waals surface area contributed by atoms with Crippen LogP contribution in [0, 0.1) is 6.92 Å². The van der Waals surface area contributed by atoms with Crippen molar-refractivity contribution in [3.8, 4) is 5.75 Å². The van der Waals surface area contributed by atoms with Crippen LogP contribution in [0.1, 0.15) is 11.1 Å². The maximum Gasteiger partial charge on any atom is 0.422 e. The highest BCUT2D eigenvalue weighted by Crippen LogP contribution is 2.23. The first-order valence-corrected chi connectivity index (χ1v) is 9.30. The van der Waals surface area contributed by atoms with Gasteiger partial charge in [0.25, 0.3) is 0 Å². The Bertz CT molecular complexity index is 672. The van der Waals surface area contributed by atoms with Crippen molar-refractivity contribution in [2.75, 3.05) is 53.9 Å². The second-order valence-electron chi connectivity index (χ2n) is 7.22. The summed E-state index contributed by atoms with van der Waals surface area (Å²) in [6, 6.07) is 5.60. The number of aliphatic imine (C=N–C) groups is 1. The van der Waals surface area contributed by atoms with E-state index in [2.05, 4.69) is 39.5 Å². The molecule has 1 atom stereocenters. The molecule has 1 unspecified atom stereocenters. The molecule has 1 aromatic carbocycles. The van der Waals surface area contributed by atoms with Crippen LogP contribution in [-0.2, 0) is 6.54 Å². The normalized spacial score (nSPS) is 18.9. The van der Waals surface area contributed by atoms with Crippen molar-refractivity contribution >= 4 is 29.9 Å². The van der Waals surface area contributed by atoms with Crippen LogP contribution in [0.5, 0.6) is 5.75 Å². The van der Waals surface area contributed by atoms with Gasteiger partial charge in [-0.15, -0.1) is 24.0 Å². The summed E-state index contributed by atoms with van der Waals surface area (Å²) >= 11 is 0. The van der Waals surface area contributed by atoms with Crippen LogP contribution >= 0.6 is 24.0 Å². The number of aryl methyl sites for hydroxylation is 1. The van der Waals surface area contributed by atoms with Gasteiger partial charge in [0.2, 0.25) is 0 Å². The van der Waals surface area contributed by atoms with Crippen molar-refractivity contribution in [2.24, 2.45) is 4.99 Å². The monoisotopic (exact) mass is 529 g/mol. The van der Waals surface area contributed by atoms with Gasteiger partial charge in [-0.25, -0.2) is 0 Å². The number of benzene rings is 1. The van der Waals surface area contributed by atoms with Crippen LogP contribution < -0.4 is 15.4 Å². The molecule has 0 amide bonds. The molecule has 1 aromatic rings. The van der Waals surface area contributed by atoms with E-state index in [1.807, 2.05) is 13.0 Å². The standard InChI is InChI=1S/C19H30F3N5O.HI/c1-14-5-6-15(17(9-14)28-13-19(20,21)22)10-24-18(23-2)25-11-16-12-26(3)7-8-27(16)4;/h5-6,9,16H,7-8,10-13H2,1-4H3,(H2,23,24,25);1H. The molecule has 0 aromatic heterocycles. The molecule has 0 spiro atoms. The van der Waals surface area contributed by atoms with Gasteiger partial charge < -0.3 is 20.3 Å². The van der Waals surface area contributed by atoms with Crippen molar-refractivity contribution in [1.82, 2.24) is 20.4 Å². The number of nitrogens with one attached hydrogen (secondary N) is 2. The third-order valence-electron chi connectivity index (χ3n) is 4.77. The molecule has 0 aliphatic carbocycles. The average Bonchev–Trinajstić information content (AvgIpc) is 2.63. The zero-order chi connectivity index (χ0) is 20.7. The number of hydrogen-bond acceptors (Lipinski definition) is 4. The molecule has 10 heteroatoms. The molecule has 6 nitrogen and oxygen atoms in total. The first-order chi connectivity index (χ1) is 13.2. The largest absolute Gasteiger partial charge is 0.484 e. The lowest BCUT2D eigenvalue weighted by Crippen LogP contribution is -2.55. The van der Waals surface area contributed by atoms with Gasteiger partial charge in [-0.05, 0) is 32.6 Å². The topological polar surface area (TPSA) is 52.1 Å². The van der Waals surface area contributed by atoms with E-state index in [9.17, 15) is 13.2 Å². The Balaban J connectivity index is 0.00000420. The molecule has 0 radical (unpaired) electrons. The van der Waals surface area contributed by atoms with Crippen molar-refractivity contribution in [3.63, 3.8) is 0 Å². The quantitative estimate of drug-likeness (QED) is 0.337. The number of rotatable bonds is 6. The van der Waals surface area contributed by atoms with Crippen LogP contribution in [0.3, 0.4) is 0 Å². The van der Waals surface area contributed by atoms with Crippen molar-refractivity contribution in [2.45, 2.75) is 25.7 Å². The number of alkyl halides is 3. The first-order valence-electron chi connectivity index (χ1n) is 9.30. The molecular weight excluding hydrogens is 498 g/mol. The van der Waals surface area contributed by atoms with E-state index >= 15 is 0 Å². The second-order valence-corrected chi connectivity index (χ2v) is 7.22. The van der Waals surface area contributed by atoms with Crippen molar-refractivity contribution in [1.29, 1.82) is 0 Å². The fraction of sp³-hybridized carbons (Fsp3) is 0.632. The van der Waals surface area contributed by atoms with Crippen molar-refractivity contribution < 1.29 is 17.9 Å². The number of nitrogens with zero attached hydrogens (tertiary/aromatic N) is 3. The van der Waals surface area contributed by atoms with E-state index < -0.39 is 12.8 Å². The maximum atomic E-state index is 12.5. The summed E-state index contributed by atoms with van der Waals surface area (Å²) < 4.78 is 42.5. The smallest absolute Gasteiger partial charge is 0.422 e. The summed E-state index contributed by atoms with van der Waals surface area (Å²) in [7, 11) is 5.88. The van der Waals surface area contributed by atoms with Gasteiger partial charge in [0, 0.05) is 51.4 Å². The molecule has 0 saturated carbocycles. The number of piperazine rings is 1. The van der Waals surface area contributed by atoms with E-state index in [1.54, 1.807) is 19.2 Å². The third-order valence-corrected chi connectivity index (χ3v) is 4.77. The summed E-state index contributed by atoms with van der Waals surface area (Å²) in [5.74, 6) is 0.831. The zero-order valence-electron chi connectivity index (χ0n) is 17.3. The summed E-state index contributed by atoms with van der Waals surface area (Å²) in [6.45, 7) is 4.58. The molecule has 166 valence electrons. The SMILES string of the molecule is CN=C(NCc1ccc(C)cc1OCC(F)(F)F)NCC1CN(C)CCN1C.I. The van der Waals surface area contributed by atoms with E-state index in [0.717, 1.165) is 31.7 Å². The summed E-state index contributed by atoms with van der Waals surface area (Å²) in [5, 5.41) is 6.45. The Morgan fingerprint density at radius 1 is 1.24 bits per heavy atom. The number of halogens is 4. The molecular formula is C19H31F3IN5O. The molecule has 1 aliphatic rings. The van der Waals surface area contributed by atoms with Gasteiger partial charge in [-0.2, -0.15) is 13.2 Å². The van der Waals surface area contributed by atoms with Gasteiger partial charge in [-0.3, -0.25) is 9.89 Å². The minimum Gasteiger partial charge on any atom is -0.484 e. The number of ether oxygens (including phenoxy) is 1. The Morgan fingerprint density at radius 2 is 1.97 bits per heavy atom. The second kappa shape index (κ2) is 11.8. The van der Waals surface area contributed by atoms with E-state index in [-0.39, 0.29) is 29.7 Å². The molecule has 1 heterocycles. The van der Waals surface area contributed by atoms with Crippen LogP contribution in [0.25, 0.3) is 0 Å². The molecule has 0 bridgehead atoms. The first kappa shape index (κ1) is 25.8. The van der Waals surface area contributed by atoms with E-state index in [1.165, 1.54) is 0 Å². The van der Waals surface area contributed by atoms with E-state index in [4.69, 9.17) is 4.74 Å². The van der Waals surface area contributed by atoms with Crippen LogP contribution in [0.2, 0.25) is 0 Å². The number of hydrogen-bond donors (Lipinski definition) is 2. The lowest BCUT2D eigenvalue weighted by molar-refractivity contribution is -0.153. The van der Waals surface area contributed by atoms with Gasteiger partial charge >= 0.3 is 6.18 Å². The van der Waals surface area contributed by atoms with Gasteiger partial charge in [-0.1, -0.05) is 12.1 Å². The highest BCUT2D eigenvalue weighted by atomic mass is 127. The molecule has 1 saturated heterocycles. The van der Waals surface area contributed by atoms with Crippen LogP contribution in [-0.4, -0.2) is 81.9 Å². The van der Waals surface area contributed by atoms with Crippen LogP contribution in [0.15, 0.2) is 23.2 Å².